The molecule has 4 rings (SSSR count). The van der Waals surface area contributed by atoms with Crippen LogP contribution in [0.15, 0.2) is 65.3 Å². The van der Waals surface area contributed by atoms with Gasteiger partial charge in [0.2, 0.25) is 5.91 Å². The van der Waals surface area contributed by atoms with E-state index in [0.717, 1.165) is 24.1 Å². The van der Waals surface area contributed by atoms with Crippen LogP contribution in [-0.4, -0.2) is 47.8 Å². The number of anilines is 1. The lowest BCUT2D eigenvalue weighted by Crippen LogP contribution is -2.40. The average molecular weight is 464 g/mol. The van der Waals surface area contributed by atoms with Gasteiger partial charge in [-0.05, 0) is 37.1 Å². The van der Waals surface area contributed by atoms with Gasteiger partial charge in [0.15, 0.2) is 5.17 Å². The van der Waals surface area contributed by atoms with E-state index in [2.05, 4.69) is 4.99 Å². The maximum absolute atomic E-state index is 13.3. The number of thioether (sulfide) groups is 1. The molecule has 6 nitrogen and oxygen atoms in total. The molecule has 0 N–H and O–H groups in total. The highest BCUT2D eigenvalue weighted by Crippen LogP contribution is 2.31. The second-order valence-electron chi connectivity index (χ2n) is 8.23. The smallest absolute Gasteiger partial charge is 0.283 e. The van der Waals surface area contributed by atoms with Crippen molar-refractivity contribution in [2.24, 2.45) is 4.99 Å². The summed E-state index contributed by atoms with van der Waals surface area (Å²) in [5, 5.41) is 0.512. The molecular formula is C26H29N3O3S. The van der Waals surface area contributed by atoms with Crippen LogP contribution in [0, 0.1) is 0 Å². The van der Waals surface area contributed by atoms with Gasteiger partial charge in [0.25, 0.3) is 5.91 Å². The van der Waals surface area contributed by atoms with Gasteiger partial charge in [0, 0.05) is 18.7 Å². The first kappa shape index (κ1) is 23.1. The molecule has 0 saturated heterocycles. The molecule has 172 valence electrons. The van der Waals surface area contributed by atoms with Gasteiger partial charge < -0.3 is 9.64 Å². The Morgan fingerprint density at radius 2 is 1.82 bits per heavy atom. The summed E-state index contributed by atoms with van der Waals surface area (Å²) >= 11 is 1.31. The highest BCUT2D eigenvalue weighted by atomic mass is 32.2. The summed E-state index contributed by atoms with van der Waals surface area (Å²) in [6.07, 6.45) is 7.47. The third-order valence-electron chi connectivity index (χ3n) is 6.12. The van der Waals surface area contributed by atoms with Gasteiger partial charge in [-0.3, -0.25) is 14.5 Å². The Labute approximate surface area is 199 Å². The minimum absolute atomic E-state index is 0.0669. The summed E-state index contributed by atoms with van der Waals surface area (Å²) in [6.45, 7) is 0. The molecule has 1 saturated carbocycles. The van der Waals surface area contributed by atoms with E-state index in [1.807, 2.05) is 66.5 Å². The van der Waals surface area contributed by atoms with Gasteiger partial charge in [-0.15, -0.1) is 0 Å². The second kappa shape index (κ2) is 10.7. The minimum atomic E-state index is -0.220. The SMILES string of the molecule is COc1ccccc1/C=C1/N=C(SCC(=O)N(C)C2CCCCC2)N(c2ccccc2)C1=O. The van der Waals surface area contributed by atoms with Crippen LogP contribution in [0.5, 0.6) is 5.75 Å². The molecule has 2 aromatic rings. The predicted octanol–water partition coefficient (Wildman–Crippen LogP) is 4.96. The molecular weight excluding hydrogens is 434 g/mol. The maximum Gasteiger partial charge on any atom is 0.283 e. The molecule has 0 atom stereocenters. The molecule has 2 aromatic carbocycles. The van der Waals surface area contributed by atoms with Gasteiger partial charge in [0.1, 0.15) is 11.4 Å². The zero-order valence-corrected chi connectivity index (χ0v) is 19.9. The zero-order chi connectivity index (χ0) is 23.2. The number of para-hydroxylation sites is 2. The van der Waals surface area contributed by atoms with E-state index >= 15 is 0 Å². The highest BCUT2D eigenvalue weighted by molar-refractivity contribution is 8.14. The summed E-state index contributed by atoms with van der Waals surface area (Å²) in [5.74, 6) is 0.759. The van der Waals surface area contributed by atoms with Crippen LogP contribution in [-0.2, 0) is 9.59 Å². The van der Waals surface area contributed by atoms with Crippen molar-refractivity contribution in [2.75, 3.05) is 24.8 Å². The van der Waals surface area contributed by atoms with Crippen LogP contribution in [0.2, 0.25) is 0 Å². The van der Waals surface area contributed by atoms with Crippen molar-refractivity contribution in [1.82, 2.24) is 4.90 Å². The quantitative estimate of drug-likeness (QED) is 0.568. The molecule has 1 fully saturated rings. The summed E-state index contributed by atoms with van der Waals surface area (Å²) in [4.78, 5) is 34.3. The number of hydrogen-bond acceptors (Lipinski definition) is 5. The number of nitrogens with zero attached hydrogens (tertiary/aromatic N) is 3. The Bertz CT molecular complexity index is 1060. The number of rotatable bonds is 6. The lowest BCUT2D eigenvalue weighted by molar-refractivity contribution is -0.129. The van der Waals surface area contributed by atoms with Gasteiger partial charge in [-0.2, -0.15) is 0 Å². The molecule has 2 amide bonds. The molecule has 0 unspecified atom stereocenters. The molecule has 33 heavy (non-hydrogen) atoms. The summed E-state index contributed by atoms with van der Waals surface area (Å²) < 4.78 is 5.42. The van der Waals surface area contributed by atoms with Crippen LogP contribution >= 0.6 is 11.8 Å². The maximum atomic E-state index is 13.3. The predicted molar refractivity (Wildman–Crippen MR) is 134 cm³/mol. The van der Waals surface area contributed by atoms with Crippen LogP contribution in [0.4, 0.5) is 5.69 Å². The number of amides is 2. The van der Waals surface area contributed by atoms with Gasteiger partial charge >= 0.3 is 0 Å². The highest BCUT2D eigenvalue weighted by Gasteiger charge is 2.33. The Balaban J connectivity index is 1.57. The summed E-state index contributed by atoms with van der Waals surface area (Å²) in [5.41, 5.74) is 1.82. The van der Waals surface area contributed by atoms with Crippen molar-refractivity contribution < 1.29 is 14.3 Å². The lowest BCUT2D eigenvalue weighted by atomic mass is 9.94. The molecule has 1 aliphatic heterocycles. The van der Waals surface area contributed by atoms with E-state index in [9.17, 15) is 9.59 Å². The Kier molecular flexibility index (Phi) is 7.50. The lowest BCUT2D eigenvalue weighted by Gasteiger charge is -2.31. The third-order valence-corrected chi connectivity index (χ3v) is 7.04. The monoisotopic (exact) mass is 463 g/mol. The van der Waals surface area contributed by atoms with Gasteiger partial charge in [-0.1, -0.05) is 67.4 Å². The summed E-state index contributed by atoms with van der Waals surface area (Å²) in [6, 6.07) is 17.2. The molecule has 1 aliphatic carbocycles. The standard InChI is InChI=1S/C26H29N3O3S/c1-28(20-12-5-3-6-13-20)24(30)18-33-26-27-22(17-19-11-9-10-16-23(19)32-2)25(31)29(26)21-14-7-4-8-15-21/h4,7-11,14-17,20H,3,5-6,12-13,18H2,1-2H3/b22-17+. The fourth-order valence-corrected chi connectivity index (χ4v) is 5.17. The first-order chi connectivity index (χ1) is 16.1. The van der Waals surface area contributed by atoms with Gasteiger partial charge in [-0.25, -0.2) is 4.99 Å². The van der Waals surface area contributed by atoms with E-state index in [1.165, 1.54) is 31.0 Å². The molecule has 0 radical (unpaired) electrons. The molecule has 7 heteroatoms. The Morgan fingerprint density at radius 3 is 2.55 bits per heavy atom. The number of carbonyl (C=O) groups is 2. The van der Waals surface area contributed by atoms with Crippen LogP contribution in [0.3, 0.4) is 0 Å². The number of hydrogen-bond donors (Lipinski definition) is 0. The van der Waals surface area contributed by atoms with Crippen molar-refractivity contribution in [3.05, 3.63) is 65.9 Å². The summed E-state index contributed by atoms with van der Waals surface area (Å²) in [7, 11) is 3.49. The Morgan fingerprint density at radius 1 is 1.12 bits per heavy atom. The molecule has 0 aromatic heterocycles. The van der Waals surface area contributed by atoms with Crippen molar-refractivity contribution >= 4 is 40.5 Å². The number of amidine groups is 1. The van der Waals surface area contributed by atoms with Gasteiger partial charge in [0.05, 0.1) is 18.6 Å². The van der Waals surface area contributed by atoms with Crippen molar-refractivity contribution in [1.29, 1.82) is 0 Å². The van der Waals surface area contributed by atoms with E-state index in [-0.39, 0.29) is 17.6 Å². The molecule has 0 bridgehead atoms. The number of ether oxygens (including phenoxy) is 1. The second-order valence-corrected chi connectivity index (χ2v) is 9.17. The topological polar surface area (TPSA) is 62.2 Å². The number of methoxy groups -OCH3 is 1. The minimum Gasteiger partial charge on any atom is -0.496 e. The number of carbonyl (C=O) groups excluding carboxylic acids is 2. The van der Waals surface area contributed by atoms with Crippen molar-refractivity contribution in [3.63, 3.8) is 0 Å². The molecule has 0 spiro atoms. The normalized spacial score (nSPS) is 17.9. The fourth-order valence-electron chi connectivity index (χ4n) is 4.23. The number of benzene rings is 2. The first-order valence-electron chi connectivity index (χ1n) is 11.3. The van der Waals surface area contributed by atoms with E-state index in [0.29, 0.717) is 22.7 Å². The molecule has 2 aliphatic rings. The average Bonchev–Trinajstić information content (AvgIpc) is 3.18. The van der Waals surface area contributed by atoms with E-state index in [1.54, 1.807) is 18.1 Å². The van der Waals surface area contributed by atoms with Crippen LogP contribution in [0.1, 0.15) is 37.7 Å². The van der Waals surface area contributed by atoms with E-state index < -0.39 is 0 Å². The van der Waals surface area contributed by atoms with Crippen LogP contribution in [0.25, 0.3) is 6.08 Å². The van der Waals surface area contributed by atoms with Crippen LogP contribution < -0.4 is 9.64 Å². The molecule has 1 heterocycles. The fraction of sp³-hybridized carbons (Fsp3) is 0.346. The largest absolute Gasteiger partial charge is 0.496 e. The third kappa shape index (κ3) is 5.30. The number of aliphatic imine (C=N–C) groups is 1. The van der Waals surface area contributed by atoms with Crippen molar-refractivity contribution in [3.8, 4) is 5.75 Å². The Hall–Kier alpha value is -3.06. The first-order valence-corrected chi connectivity index (χ1v) is 12.3. The van der Waals surface area contributed by atoms with Crippen molar-refractivity contribution in [2.45, 2.75) is 38.1 Å². The zero-order valence-electron chi connectivity index (χ0n) is 19.1. The van der Waals surface area contributed by atoms with E-state index in [4.69, 9.17) is 4.74 Å².